The van der Waals surface area contributed by atoms with Crippen LogP contribution in [0.25, 0.3) is 10.9 Å². The van der Waals surface area contributed by atoms with Gasteiger partial charge in [0.2, 0.25) is 0 Å². The van der Waals surface area contributed by atoms with Crippen LogP contribution in [0.4, 0.5) is 5.82 Å². The van der Waals surface area contributed by atoms with Crippen molar-refractivity contribution in [3.63, 3.8) is 0 Å². The minimum atomic E-state index is 0. The Labute approximate surface area is 190 Å². The van der Waals surface area contributed by atoms with Crippen molar-refractivity contribution in [2.24, 2.45) is 4.99 Å². The molecule has 1 aromatic carbocycles. The first-order valence-corrected chi connectivity index (χ1v) is 9.87. The van der Waals surface area contributed by atoms with E-state index in [1.807, 2.05) is 37.2 Å². The maximum absolute atomic E-state index is 5.79. The van der Waals surface area contributed by atoms with E-state index < -0.39 is 0 Å². The number of aromatic nitrogens is 1. The number of aliphatic imine (C=N–C) groups is 1. The number of nitrogens with one attached hydrogen (secondary N) is 2. The summed E-state index contributed by atoms with van der Waals surface area (Å²) in [5, 5.41) is 7.92. The standard InChI is InChI=1S/C21H31N5O2.HI/c1-22-21(23-10-6-11-28-17-9-12-27-15-17)24-14-16-13-20(26(2)3)25-19-8-5-4-7-18(16)19;/h4-5,7-8,13,17H,6,9-12,14-15H2,1-3H3,(H2,22,23,24);1H. The van der Waals surface area contributed by atoms with E-state index in [0.717, 1.165) is 61.9 Å². The average Bonchev–Trinajstić information content (AvgIpc) is 3.23. The van der Waals surface area contributed by atoms with Gasteiger partial charge in [0, 0.05) is 52.8 Å². The number of para-hydroxylation sites is 1. The number of fused-ring (bicyclic) bond motifs is 1. The molecule has 1 unspecified atom stereocenters. The number of halogens is 1. The van der Waals surface area contributed by atoms with E-state index in [2.05, 4.69) is 27.8 Å². The van der Waals surface area contributed by atoms with Crippen molar-refractivity contribution in [1.29, 1.82) is 0 Å². The van der Waals surface area contributed by atoms with Crippen LogP contribution in [0.5, 0.6) is 0 Å². The van der Waals surface area contributed by atoms with Crippen LogP contribution in [0.1, 0.15) is 18.4 Å². The monoisotopic (exact) mass is 513 g/mol. The van der Waals surface area contributed by atoms with Gasteiger partial charge in [0.1, 0.15) is 5.82 Å². The molecule has 1 fully saturated rings. The van der Waals surface area contributed by atoms with Gasteiger partial charge in [0.25, 0.3) is 0 Å². The predicted molar refractivity (Wildman–Crippen MR) is 129 cm³/mol. The first-order chi connectivity index (χ1) is 13.7. The lowest BCUT2D eigenvalue weighted by molar-refractivity contribution is 0.0420. The highest BCUT2D eigenvalue weighted by atomic mass is 127. The smallest absolute Gasteiger partial charge is 0.191 e. The largest absolute Gasteiger partial charge is 0.379 e. The van der Waals surface area contributed by atoms with Crippen LogP contribution in [0.15, 0.2) is 35.3 Å². The van der Waals surface area contributed by atoms with Gasteiger partial charge in [0.05, 0.1) is 18.2 Å². The fourth-order valence-corrected chi connectivity index (χ4v) is 3.18. The summed E-state index contributed by atoms with van der Waals surface area (Å²) < 4.78 is 11.1. The second-order valence-electron chi connectivity index (χ2n) is 7.11. The zero-order valence-electron chi connectivity index (χ0n) is 17.5. The molecule has 1 saturated heterocycles. The number of ether oxygens (including phenoxy) is 2. The van der Waals surface area contributed by atoms with Crippen molar-refractivity contribution < 1.29 is 9.47 Å². The molecule has 1 aromatic heterocycles. The zero-order valence-corrected chi connectivity index (χ0v) is 19.8. The molecule has 0 radical (unpaired) electrons. The SMILES string of the molecule is CN=C(NCCCOC1CCOC1)NCc1cc(N(C)C)nc2ccccc12.I. The Hall–Kier alpha value is -1.65. The van der Waals surface area contributed by atoms with Crippen LogP contribution in [0, 0.1) is 0 Å². The van der Waals surface area contributed by atoms with Gasteiger partial charge in [-0.15, -0.1) is 24.0 Å². The van der Waals surface area contributed by atoms with Crippen molar-refractivity contribution in [3.8, 4) is 0 Å². The Morgan fingerprint density at radius 2 is 2.14 bits per heavy atom. The van der Waals surface area contributed by atoms with Crippen molar-refractivity contribution in [2.75, 3.05) is 52.4 Å². The molecule has 0 bridgehead atoms. The number of anilines is 1. The van der Waals surface area contributed by atoms with Crippen LogP contribution in [-0.4, -0.2) is 64.6 Å². The number of hydrogen-bond donors (Lipinski definition) is 2. The van der Waals surface area contributed by atoms with E-state index >= 15 is 0 Å². The minimum Gasteiger partial charge on any atom is -0.379 e. The molecular formula is C21H32IN5O2. The Morgan fingerprint density at radius 3 is 2.86 bits per heavy atom. The summed E-state index contributed by atoms with van der Waals surface area (Å²) >= 11 is 0. The molecule has 0 saturated carbocycles. The lowest BCUT2D eigenvalue weighted by Gasteiger charge is -2.17. The van der Waals surface area contributed by atoms with Crippen LogP contribution < -0.4 is 15.5 Å². The molecule has 0 aliphatic carbocycles. The number of rotatable bonds is 8. The van der Waals surface area contributed by atoms with Crippen molar-refractivity contribution in [3.05, 3.63) is 35.9 Å². The Balaban J connectivity index is 0.00000300. The van der Waals surface area contributed by atoms with E-state index in [4.69, 9.17) is 14.5 Å². The van der Waals surface area contributed by atoms with Gasteiger partial charge in [-0.3, -0.25) is 4.99 Å². The maximum atomic E-state index is 5.79. The fourth-order valence-electron chi connectivity index (χ4n) is 3.18. The van der Waals surface area contributed by atoms with E-state index in [0.29, 0.717) is 6.54 Å². The molecule has 2 N–H and O–H groups in total. The predicted octanol–water partition coefficient (Wildman–Crippen LogP) is 2.78. The highest BCUT2D eigenvalue weighted by Gasteiger charge is 2.15. The molecule has 0 spiro atoms. The average molecular weight is 513 g/mol. The van der Waals surface area contributed by atoms with Gasteiger partial charge in [0.15, 0.2) is 5.96 Å². The van der Waals surface area contributed by atoms with Crippen molar-refractivity contribution in [1.82, 2.24) is 15.6 Å². The summed E-state index contributed by atoms with van der Waals surface area (Å²) in [6.07, 6.45) is 2.20. The molecule has 1 atom stereocenters. The molecule has 7 nitrogen and oxygen atoms in total. The molecule has 2 heterocycles. The van der Waals surface area contributed by atoms with E-state index in [9.17, 15) is 0 Å². The molecular weight excluding hydrogens is 481 g/mol. The molecule has 0 amide bonds. The van der Waals surface area contributed by atoms with Crippen LogP contribution in [0.2, 0.25) is 0 Å². The molecule has 160 valence electrons. The Kier molecular flexibility index (Phi) is 9.89. The number of guanidine groups is 1. The highest BCUT2D eigenvalue weighted by Crippen LogP contribution is 2.21. The second kappa shape index (κ2) is 12.1. The van der Waals surface area contributed by atoms with E-state index in [1.165, 1.54) is 5.56 Å². The van der Waals surface area contributed by atoms with Crippen molar-refractivity contribution in [2.45, 2.75) is 25.5 Å². The molecule has 3 rings (SSSR count). The first kappa shape index (κ1) is 23.6. The summed E-state index contributed by atoms with van der Waals surface area (Å²) in [6, 6.07) is 10.4. The minimum absolute atomic E-state index is 0. The topological polar surface area (TPSA) is 71.0 Å². The van der Waals surface area contributed by atoms with Gasteiger partial charge >= 0.3 is 0 Å². The normalized spacial score (nSPS) is 16.5. The molecule has 2 aromatic rings. The Bertz CT molecular complexity index is 794. The molecule has 1 aliphatic heterocycles. The van der Waals surface area contributed by atoms with Gasteiger partial charge < -0.3 is 25.0 Å². The van der Waals surface area contributed by atoms with Gasteiger partial charge in [-0.05, 0) is 30.5 Å². The third kappa shape index (κ3) is 6.97. The lowest BCUT2D eigenvalue weighted by Crippen LogP contribution is -2.37. The molecule has 29 heavy (non-hydrogen) atoms. The zero-order chi connectivity index (χ0) is 19.8. The summed E-state index contributed by atoms with van der Waals surface area (Å²) in [4.78, 5) is 11.1. The third-order valence-corrected chi connectivity index (χ3v) is 4.77. The van der Waals surface area contributed by atoms with E-state index in [1.54, 1.807) is 7.05 Å². The third-order valence-electron chi connectivity index (χ3n) is 4.77. The Morgan fingerprint density at radius 1 is 1.31 bits per heavy atom. The number of nitrogens with zero attached hydrogens (tertiary/aromatic N) is 3. The number of pyridine rings is 1. The molecule has 8 heteroatoms. The van der Waals surface area contributed by atoms with Gasteiger partial charge in [-0.25, -0.2) is 4.98 Å². The number of hydrogen-bond acceptors (Lipinski definition) is 5. The fraction of sp³-hybridized carbons (Fsp3) is 0.524. The van der Waals surface area contributed by atoms with Crippen LogP contribution >= 0.6 is 24.0 Å². The van der Waals surface area contributed by atoms with E-state index in [-0.39, 0.29) is 30.1 Å². The maximum Gasteiger partial charge on any atom is 0.191 e. The summed E-state index contributed by atoms with van der Waals surface area (Å²) in [7, 11) is 5.81. The highest BCUT2D eigenvalue weighted by molar-refractivity contribution is 14.0. The summed E-state index contributed by atoms with van der Waals surface area (Å²) in [6.45, 7) is 3.77. The molecule has 1 aliphatic rings. The van der Waals surface area contributed by atoms with Gasteiger partial charge in [-0.2, -0.15) is 0 Å². The van der Waals surface area contributed by atoms with Crippen molar-refractivity contribution >= 4 is 46.7 Å². The second-order valence-corrected chi connectivity index (χ2v) is 7.11. The van der Waals surface area contributed by atoms with Gasteiger partial charge in [-0.1, -0.05) is 18.2 Å². The quantitative estimate of drug-likeness (QED) is 0.245. The summed E-state index contributed by atoms with van der Waals surface area (Å²) in [5.41, 5.74) is 2.20. The lowest BCUT2D eigenvalue weighted by atomic mass is 10.1. The summed E-state index contributed by atoms with van der Waals surface area (Å²) in [5.74, 6) is 1.74. The van der Waals surface area contributed by atoms with Crippen LogP contribution in [-0.2, 0) is 16.0 Å². The first-order valence-electron chi connectivity index (χ1n) is 9.87. The van der Waals surface area contributed by atoms with Crippen LogP contribution in [0.3, 0.4) is 0 Å². The number of benzene rings is 1.